The Morgan fingerprint density at radius 2 is 1.76 bits per heavy atom. The van der Waals surface area contributed by atoms with Crippen LogP contribution in [0.1, 0.15) is 41.6 Å². The molecule has 0 spiro atoms. The molecule has 1 N–H and O–H groups in total. The Balaban J connectivity index is 1.35. The van der Waals surface area contributed by atoms with Crippen LogP contribution in [0.5, 0.6) is 0 Å². The number of imide groups is 1. The van der Waals surface area contributed by atoms with Gasteiger partial charge < -0.3 is 10.1 Å². The fourth-order valence-corrected chi connectivity index (χ4v) is 4.02. The third-order valence-corrected chi connectivity index (χ3v) is 5.74. The van der Waals surface area contributed by atoms with Gasteiger partial charge in [0.05, 0.1) is 17.8 Å². The average molecular weight is 396 g/mol. The molecule has 3 amide bonds. The molecule has 0 radical (unpaired) electrons. The van der Waals surface area contributed by atoms with Crippen LogP contribution in [0.15, 0.2) is 30.4 Å². The molecule has 150 valence electrons. The first kappa shape index (κ1) is 19.0. The summed E-state index contributed by atoms with van der Waals surface area (Å²) in [4.78, 5) is 61.9. The number of esters is 1. The zero-order valence-electron chi connectivity index (χ0n) is 15.8. The second-order valence-corrected chi connectivity index (χ2v) is 7.52. The predicted octanol–water partition coefficient (Wildman–Crippen LogP) is 1.42. The predicted molar refractivity (Wildman–Crippen MR) is 101 cm³/mol. The minimum absolute atomic E-state index is 0.133. The molecule has 2 aliphatic heterocycles. The molecular formula is C21H20N2O6. The first-order chi connectivity index (χ1) is 13.9. The molecule has 3 aliphatic rings. The Kier molecular flexibility index (Phi) is 4.77. The van der Waals surface area contributed by atoms with Crippen molar-refractivity contribution in [1.29, 1.82) is 0 Å². The Hall–Kier alpha value is -3.29. The van der Waals surface area contributed by atoms with E-state index in [9.17, 15) is 24.0 Å². The minimum Gasteiger partial charge on any atom is -0.456 e. The number of rotatable bonds is 5. The van der Waals surface area contributed by atoms with E-state index in [0.29, 0.717) is 24.1 Å². The highest BCUT2D eigenvalue weighted by Gasteiger charge is 2.47. The highest BCUT2D eigenvalue weighted by molar-refractivity contribution is 6.08. The molecule has 1 saturated heterocycles. The molecule has 1 aromatic carbocycles. The van der Waals surface area contributed by atoms with E-state index in [-0.39, 0.29) is 23.6 Å². The molecule has 8 nitrogen and oxygen atoms in total. The summed E-state index contributed by atoms with van der Waals surface area (Å²) >= 11 is 0. The number of likely N-dealkylation sites (tertiary alicyclic amines) is 1. The van der Waals surface area contributed by atoms with Gasteiger partial charge in [-0.3, -0.25) is 28.9 Å². The van der Waals surface area contributed by atoms with Gasteiger partial charge in [-0.05, 0) is 43.5 Å². The number of nitrogens with one attached hydrogen (secondary N) is 1. The maximum Gasteiger partial charge on any atom is 0.326 e. The summed E-state index contributed by atoms with van der Waals surface area (Å²) < 4.78 is 5.00. The van der Waals surface area contributed by atoms with Crippen molar-refractivity contribution in [1.82, 2.24) is 4.90 Å². The van der Waals surface area contributed by atoms with Crippen LogP contribution in [0.3, 0.4) is 0 Å². The zero-order valence-corrected chi connectivity index (χ0v) is 15.8. The van der Waals surface area contributed by atoms with Crippen LogP contribution < -0.4 is 5.32 Å². The number of nitrogens with zero attached hydrogens (tertiary/aromatic N) is 1. The fraction of sp³-hybridized carbons (Fsp3) is 0.381. The number of ketones is 1. The van der Waals surface area contributed by atoms with Crippen molar-refractivity contribution in [3.05, 3.63) is 41.5 Å². The molecule has 0 aromatic heterocycles. The highest BCUT2D eigenvalue weighted by Crippen LogP contribution is 2.35. The highest BCUT2D eigenvalue weighted by atomic mass is 16.5. The maximum absolute atomic E-state index is 12.4. The number of Topliss-reactive ketones (excluding diaryl/α,β-unsaturated/α-hetero) is 1. The normalized spacial score (nSPS) is 24.9. The first-order valence-corrected chi connectivity index (χ1v) is 9.50. The van der Waals surface area contributed by atoms with E-state index in [1.54, 1.807) is 25.1 Å². The quantitative estimate of drug-likeness (QED) is 0.349. The van der Waals surface area contributed by atoms with Gasteiger partial charge in [-0.15, -0.1) is 0 Å². The number of carbonyl (C=O) groups excluding carboxylic acids is 5. The van der Waals surface area contributed by atoms with Gasteiger partial charge >= 0.3 is 5.97 Å². The van der Waals surface area contributed by atoms with E-state index in [1.165, 1.54) is 0 Å². The van der Waals surface area contributed by atoms with Crippen molar-refractivity contribution < 1.29 is 28.7 Å². The third kappa shape index (κ3) is 3.35. The van der Waals surface area contributed by atoms with Crippen LogP contribution in [0.25, 0.3) is 0 Å². The van der Waals surface area contributed by atoms with Crippen molar-refractivity contribution in [2.75, 3.05) is 18.5 Å². The zero-order chi connectivity index (χ0) is 20.7. The molecule has 0 saturated carbocycles. The van der Waals surface area contributed by atoms with E-state index in [4.69, 9.17) is 4.74 Å². The van der Waals surface area contributed by atoms with E-state index in [0.717, 1.165) is 10.5 Å². The van der Waals surface area contributed by atoms with Gasteiger partial charge in [-0.25, -0.2) is 0 Å². The largest absolute Gasteiger partial charge is 0.456 e. The summed E-state index contributed by atoms with van der Waals surface area (Å²) in [6, 6.07) is 4.81. The Bertz CT molecular complexity index is 940. The van der Waals surface area contributed by atoms with Crippen LogP contribution in [0.2, 0.25) is 0 Å². The molecule has 3 atom stereocenters. The molecular weight excluding hydrogens is 376 g/mol. The van der Waals surface area contributed by atoms with Crippen LogP contribution in [0.4, 0.5) is 5.69 Å². The standard InChI is InChI=1S/C21H20N2O6/c1-11-15-8-12(6-7-16(15)22-19(11)26)17(24)10-29-18(25)9-23-20(27)13-4-2-3-5-14(13)21(23)28/h2-3,6-8,11,13-14H,4-5,9-10H2,1H3,(H,22,26)/t11-,13+,14+/m1/s1. The monoisotopic (exact) mass is 396 g/mol. The number of benzene rings is 1. The van der Waals surface area contributed by atoms with Crippen molar-refractivity contribution in [2.24, 2.45) is 11.8 Å². The van der Waals surface area contributed by atoms with Gasteiger partial charge in [0, 0.05) is 11.3 Å². The van der Waals surface area contributed by atoms with Crippen LogP contribution in [0, 0.1) is 11.8 Å². The minimum atomic E-state index is -0.807. The van der Waals surface area contributed by atoms with Gasteiger partial charge in [0.1, 0.15) is 6.54 Å². The van der Waals surface area contributed by atoms with E-state index < -0.39 is 36.7 Å². The molecule has 0 bridgehead atoms. The molecule has 1 aliphatic carbocycles. The number of allylic oxidation sites excluding steroid dienone is 2. The van der Waals surface area contributed by atoms with Gasteiger partial charge in [0.25, 0.3) is 0 Å². The topological polar surface area (TPSA) is 110 Å². The maximum atomic E-state index is 12.4. The first-order valence-electron chi connectivity index (χ1n) is 9.50. The molecule has 2 heterocycles. The number of carbonyl (C=O) groups is 5. The lowest BCUT2D eigenvalue weighted by molar-refractivity contribution is -0.152. The second-order valence-electron chi connectivity index (χ2n) is 7.52. The number of fused-ring (bicyclic) bond motifs is 2. The van der Waals surface area contributed by atoms with Gasteiger partial charge in [0.2, 0.25) is 17.7 Å². The molecule has 8 heteroatoms. The Morgan fingerprint density at radius 3 is 2.41 bits per heavy atom. The lowest BCUT2D eigenvalue weighted by atomic mass is 9.85. The number of ether oxygens (including phenoxy) is 1. The van der Waals surface area contributed by atoms with Crippen LogP contribution in [-0.4, -0.2) is 47.5 Å². The molecule has 0 unspecified atom stereocenters. The van der Waals surface area contributed by atoms with E-state index in [2.05, 4.69) is 5.32 Å². The summed E-state index contributed by atoms with van der Waals surface area (Å²) in [7, 11) is 0. The number of hydrogen-bond donors (Lipinski definition) is 1. The van der Waals surface area contributed by atoms with Crippen molar-refractivity contribution in [3.63, 3.8) is 0 Å². The SMILES string of the molecule is C[C@H]1C(=O)Nc2ccc(C(=O)COC(=O)CN3C(=O)[C@H]4CC=CC[C@@H]4C3=O)cc21. The third-order valence-electron chi connectivity index (χ3n) is 5.74. The lowest BCUT2D eigenvalue weighted by Crippen LogP contribution is -2.37. The summed E-state index contributed by atoms with van der Waals surface area (Å²) in [5.41, 5.74) is 1.71. The lowest BCUT2D eigenvalue weighted by Gasteiger charge is -2.14. The van der Waals surface area contributed by atoms with Crippen molar-refractivity contribution in [2.45, 2.75) is 25.7 Å². The average Bonchev–Trinajstić information content (AvgIpc) is 3.14. The number of amides is 3. The second kappa shape index (κ2) is 7.27. The van der Waals surface area contributed by atoms with Gasteiger partial charge in [-0.1, -0.05) is 12.2 Å². The van der Waals surface area contributed by atoms with E-state index in [1.807, 2.05) is 12.2 Å². The summed E-state index contributed by atoms with van der Waals surface area (Å²) in [6.07, 6.45) is 4.72. The number of anilines is 1. The Labute approximate surface area is 166 Å². The number of hydrogen-bond acceptors (Lipinski definition) is 6. The van der Waals surface area contributed by atoms with Gasteiger partial charge in [0.15, 0.2) is 12.4 Å². The fourth-order valence-electron chi connectivity index (χ4n) is 4.02. The molecule has 29 heavy (non-hydrogen) atoms. The van der Waals surface area contributed by atoms with Gasteiger partial charge in [-0.2, -0.15) is 0 Å². The van der Waals surface area contributed by atoms with Crippen LogP contribution in [-0.2, 0) is 23.9 Å². The summed E-state index contributed by atoms with van der Waals surface area (Å²) in [5, 5.41) is 2.72. The smallest absolute Gasteiger partial charge is 0.326 e. The van der Waals surface area contributed by atoms with Crippen molar-refractivity contribution >= 4 is 35.2 Å². The van der Waals surface area contributed by atoms with Crippen molar-refractivity contribution in [3.8, 4) is 0 Å². The molecule has 4 rings (SSSR count). The summed E-state index contributed by atoms with van der Waals surface area (Å²) in [6.45, 7) is 0.752. The molecule has 1 fully saturated rings. The van der Waals surface area contributed by atoms with Crippen LogP contribution >= 0.6 is 0 Å². The molecule has 1 aromatic rings. The summed E-state index contributed by atoms with van der Waals surface area (Å²) in [5.74, 6) is -3.27. The van der Waals surface area contributed by atoms with E-state index >= 15 is 0 Å². The Morgan fingerprint density at radius 1 is 1.10 bits per heavy atom.